The zero-order chi connectivity index (χ0) is 13.9. The topological polar surface area (TPSA) is 68.5 Å². The Kier molecular flexibility index (Phi) is 4.00. The van der Waals surface area contributed by atoms with Crippen LogP contribution in [-0.4, -0.2) is 47.3 Å². The molecule has 0 radical (unpaired) electrons. The van der Waals surface area contributed by atoms with Crippen molar-refractivity contribution in [3.8, 4) is 0 Å². The maximum atomic E-state index is 11.6. The van der Waals surface area contributed by atoms with Gasteiger partial charge in [-0.05, 0) is 19.3 Å². The molecule has 3 heterocycles. The van der Waals surface area contributed by atoms with Gasteiger partial charge in [0.05, 0.1) is 6.61 Å². The second-order valence-electron chi connectivity index (χ2n) is 5.56. The first-order valence-electron chi connectivity index (χ1n) is 7.47. The van der Waals surface area contributed by atoms with Crippen LogP contribution in [0, 0.1) is 0 Å². The second kappa shape index (κ2) is 5.91. The first-order valence-corrected chi connectivity index (χ1v) is 7.47. The lowest BCUT2D eigenvalue weighted by Gasteiger charge is -2.30. The van der Waals surface area contributed by atoms with Crippen molar-refractivity contribution in [1.29, 1.82) is 0 Å². The Labute approximate surface area is 118 Å². The van der Waals surface area contributed by atoms with E-state index in [1.165, 1.54) is 0 Å². The summed E-state index contributed by atoms with van der Waals surface area (Å²) in [4.78, 5) is 18.1. The summed E-state index contributed by atoms with van der Waals surface area (Å²) in [6.45, 7) is 4.97. The Balaban J connectivity index is 1.59. The quantitative estimate of drug-likeness (QED) is 0.842. The van der Waals surface area contributed by atoms with Crippen molar-refractivity contribution in [2.24, 2.45) is 0 Å². The molecule has 110 valence electrons. The average molecular weight is 279 g/mol. The van der Waals surface area contributed by atoms with Gasteiger partial charge in [-0.3, -0.25) is 4.79 Å². The van der Waals surface area contributed by atoms with Crippen molar-refractivity contribution >= 4 is 5.91 Å². The fraction of sp³-hybridized carbons (Fsp3) is 0.786. The van der Waals surface area contributed by atoms with E-state index < -0.39 is 0 Å². The predicted molar refractivity (Wildman–Crippen MR) is 71.3 cm³/mol. The molecule has 2 saturated heterocycles. The monoisotopic (exact) mass is 279 g/mol. The molecule has 2 aliphatic heterocycles. The molecular weight excluding hydrogens is 258 g/mol. The number of amides is 1. The van der Waals surface area contributed by atoms with Gasteiger partial charge in [-0.25, -0.2) is 0 Å². The summed E-state index contributed by atoms with van der Waals surface area (Å²) in [5.41, 5.74) is 0. The minimum absolute atomic E-state index is 0.234. The number of carbonyl (C=O) groups is 1. The van der Waals surface area contributed by atoms with Crippen LogP contribution in [0.25, 0.3) is 0 Å². The molecule has 0 aromatic carbocycles. The van der Waals surface area contributed by atoms with E-state index in [2.05, 4.69) is 10.1 Å². The van der Waals surface area contributed by atoms with Crippen LogP contribution in [0.15, 0.2) is 4.52 Å². The molecule has 2 fully saturated rings. The zero-order valence-corrected chi connectivity index (χ0v) is 11.9. The van der Waals surface area contributed by atoms with Crippen molar-refractivity contribution in [3.05, 3.63) is 11.7 Å². The van der Waals surface area contributed by atoms with E-state index in [9.17, 15) is 4.79 Å². The van der Waals surface area contributed by atoms with Crippen molar-refractivity contribution in [2.45, 2.75) is 44.4 Å². The molecule has 0 saturated carbocycles. The van der Waals surface area contributed by atoms with E-state index in [0.29, 0.717) is 18.9 Å². The molecule has 0 spiro atoms. The highest BCUT2D eigenvalue weighted by molar-refractivity contribution is 5.75. The van der Waals surface area contributed by atoms with E-state index in [-0.39, 0.29) is 11.8 Å². The third kappa shape index (κ3) is 2.70. The zero-order valence-electron chi connectivity index (χ0n) is 11.9. The van der Waals surface area contributed by atoms with Crippen molar-refractivity contribution in [3.63, 3.8) is 0 Å². The summed E-state index contributed by atoms with van der Waals surface area (Å²) in [5.74, 6) is 2.33. The van der Waals surface area contributed by atoms with Crippen LogP contribution in [-0.2, 0) is 9.53 Å². The lowest BCUT2D eigenvalue weighted by Crippen LogP contribution is -2.37. The molecule has 1 aromatic rings. The van der Waals surface area contributed by atoms with Gasteiger partial charge < -0.3 is 14.2 Å². The van der Waals surface area contributed by atoms with Crippen LogP contribution in [0.3, 0.4) is 0 Å². The van der Waals surface area contributed by atoms with Gasteiger partial charge in [0.1, 0.15) is 0 Å². The maximum absolute atomic E-state index is 11.6. The molecule has 0 bridgehead atoms. The van der Waals surface area contributed by atoms with Crippen LogP contribution >= 0.6 is 0 Å². The van der Waals surface area contributed by atoms with E-state index in [1.807, 2.05) is 11.8 Å². The van der Waals surface area contributed by atoms with Crippen LogP contribution in [0.4, 0.5) is 0 Å². The third-order valence-electron chi connectivity index (χ3n) is 4.25. The second-order valence-corrected chi connectivity index (χ2v) is 5.56. The highest BCUT2D eigenvalue weighted by Crippen LogP contribution is 2.29. The molecule has 1 atom stereocenters. The molecule has 6 heteroatoms. The van der Waals surface area contributed by atoms with E-state index >= 15 is 0 Å². The number of aromatic nitrogens is 2. The number of likely N-dealkylation sites (tertiary alicyclic amines) is 1. The lowest BCUT2D eigenvalue weighted by atomic mass is 9.96. The number of rotatable bonds is 3. The Hall–Kier alpha value is -1.43. The Bertz CT molecular complexity index is 460. The minimum atomic E-state index is 0.234. The SMILES string of the molecule is CCC(=O)N1CCC(c2nc(C3CCOC3)no2)CC1. The standard InChI is InChI=1S/C14H21N3O3/c1-2-12(18)17-6-3-10(4-7-17)14-15-13(16-20-14)11-5-8-19-9-11/h10-11H,2-9H2,1H3. The van der Waals surface area contributed by atoms with Gasteiger partial charge >= 0.3 is 0 Å². The normalized spacial score (nSPS) is 24.2. The van der Waals surface area contributed by atoms with Gasteiger partial charge in [0.25, 0.3) is 0 Å². The fourth-order valence-electron chi connectivity index (χ4n) is 2.92. The summed E-state index contributed by atoms with van der Waals surface area (Å²) in [7, 11) is 0. The fourth-order valence-corrected chi connectivity index (χ4v) is 2.92. The molecule has 1 unspecified atom stereocenters. The summed E-state index contributed by atoms with van der Waals surface area (Å²) < 4.78 is 10.8. The molecule has 6 nitrogen and oxygen atoms in total. The van der Waals surface area contributed by atoms with Crippen LogP contribution in [0.5, 0.6) is 0 Å². The number of carbonyl (C=O) groups excluding carboxylic acids is 1. The van der Waals surface area contributed by atoms with Gasteiger partial charge in [-0.1, -0.05) is 12.1 Å². The maximum Gasteiger partial charge on any atom is 0.229 e. The molecule has 3 rings (SSSR count). The Morgan fingerprint density at radius 3 is 2.75 bits per heavy atom. The highest BCUT2D eigenvalue weighted by atomic mass is 16.5. The number of ether oxygens (including phenoxy) is 1. The molecular formula is C14H21N3O3. The lowest BCUT2D eigenvalue weighted by molar-refractivity contribution is -0.131. The molecule has 1 aromatic heterocycles. The summed E-state index contributed by atoms with van der Waals surface area (Å²) in [6.07, 6.45) is 3.38. The third-order valence-corrected chi connectivity index (χ3v) is 4.25. The predicted octanol–water partition coefficient (Wildman–Crippen LogP) is 1.69. The van der Waals surface area contributed by atoms with Gasteiger partial charge in [0.15, 0.2) is 5.82 Å². The summed E-state index contributed by atoms with van der Waals surface area (Å²) in [5, 5.41) is 4.10. The smallest absolute Gasteiger partial charge is 0.229 e. The summed E-state index contributed by atoms with van der Waals surface area (Å²) in [6, 6.07) is 0. The first-order chi connectivity index (χ1) is 9.78. The van der Waals surface area contributed by atoms with Crippen LogP contribution in [0.2, 0.25) is 0 Å². The number of piperidine rings is 1. The number of nitrogens with zero attached hydrogens (tertiary/aromatic N) is 3. The molecule has 1 amide bonds. The van der Waals surface area contributed by atoms with Crippen molar-refractivity contribution in [1.82, 2.24) is 15.0 Å². The Morgan fingerprint density at radius 2 is 2.10 bits per heavy atom. The highest BCUT2D eigenvalue weighted by Gasteiger charge is 2.29. The first kappa shape index (κ1) is 13.5. The van der Waals surface area contributed by atoms with Gasteiger partial charge in [0.2, 0.25) is 11.8 Å². The Morgan fingerprint density at radius 1 is 1.30 bits per heavy atom. The van der Waals surface area contributed by atoms with E-state index in [1.54, 1.807) is 0 Å². The average Bonchev–Trinajstić information content (AvgIpc) is 3.17. The van der Waals surface area contributed by atoms with Crippen LogP contribution < -0.4 is 0 Å². The van der Waals surface area contributed by atoms with Crippen molar-refractivity contribution in [2.75, 3.05) is 26.3 Å². The summed E-state index contributed by atoms with van der Waals surface area (Å²) >= 11 is 0. The molecule has 20 heavy (non-hydrogen) atoms. The van der Waals surface area contributed by atoms with Gasteiger partial charge in [-0.2, -0.15) is 4.98 Å². The number of hydrogen-bond donors (Lipinski definition) is 0. The number of hydrogen-bond acceptors (Lipinski definition) is 5. The van der Waals surface area contributed by atoms with E-state index in [0.717, 1.165) is 50.7 Å². The van der Waals surface area contributed by atoms with Gasteiger partial charge in [-0.15, -0.1) is 0 Å². The van der Waals surface area contributed by atoms with Crippen LogP contribution in [0.1, 0.15) is 56.2 Å². The minimum Gasteiger partial charge on any atom is -0.381 e. The van der Waals surface area contributed by atoms with E-state index in [4.69, 9.17) is 9.26 Å². The molecule has 2 aliphatic rings. The molecule has 0 N–H and O–H groups in total. The largest absolute Gasteiger partial charge is 0.381 e. The van der Waals surface area contributed by atoms with Crippen molar-refractivity contribution < 1.29 is 14.1 Å². The van der Waals surface area contributed by atoms with Gasteiger partial charge in [0, 0.05) is 38.0 Å². The molecule has 0 aliphatic carbocycles.